The molecule has 0 spiro atoms. The van der Waals surface area contributed by atoms with Gasteiger partial charge >= 0.3 is 0 Å². The Kier molecular flexibility index (Phi) is 7.47. The lowest BCUT2D eigenvalue weighted by Gasteiger charge is -2.05. The number of benzene rings is 2. The molecule has 0 aliphatic heterocycles. The van der Waals surface area contributed by atoms with Gasteiger partial charge in [0, 0.05) is 39.5 Å². The fourth-order valence-electron chi connectivity index (χ4n) is 4.61. The highest BCUT2D eigenvalue weighted by molar-refractivity contribution is 6.09. The van der Waals surface area contributed by atoms with E-state index in [0.29, 0.717) is 23.0 Å². The van der Waals surface area contributed by atoms with Crippen molar-refractivity contribution in [1.29, 1.82) is 21.0 Å². The zero-order valence-electron chi connectivity index (χ0n) is 22.0. The molecule has 0 radical (unpaired) electrons. The van der Waals surface area contributed by atoms with Crippen molar-refractivity contribution in [2.75, 3.05) is 0 Å². The molecule has 2 aromatic carbocycles. The maximum Gasteiger partial charge on any atom is 0.134 e. The van der Waals surface area contributed by atoms with Gasteiger partial charge in [0.05, 0.1) is 0 Å². The van der Waals surface area contributed by atoms with Gasteiger partial charge in [-0.05, 0) is 67.6 Å². The Balaban J connectivity index is 1.47. The topological polar surface area (TPSA) is 126 Å². The van der Waals surface area contributed by atoms with E-state index in [1.165, 1.54) is 12.2 Å². The molecular formula is C34H21N5O2. The minimum atomic E-state index is 0.0258. The van der Waals surface area contributed by atoms with Crippen LogP contribution in [0.3, 0.4) is 0 Å². The predicted octanol–water partition coefficient (Wildman–Crippen LogP) is 8.31. The van der Waals surface area contributed by atoms with E-state index in [9.17, 15) is 0 Å². The van der Waals surface area contributed by atoms with Crippen LogP contribution in [0.5, 0.6) is 0 Å². The van der Waals surface area contributed by atoms with E-state index in [4.69, 9.17) is 29.9 Å². The van der Waals surface area contributed by atoms with E-state index >= 15 is 0 Å². The Hall–Kier alpha value is -6.28. The lowest BCUT2D eigenvalue weighted by Crippen LogP contribution is -1.93. The maximum absolute atomic E-state index is 8.86. The summed E-state index contributed by atoms with van der Waals surface area (Å²) >= 11 is 0. The summed E-state index contributed by atoms with van der Waals surface area (Å²) in [7, 11) is 0. The number of allylic oxidation sites excluding steroid dienone is 6. The van der Waals surface area contributed by atoms with Crippen LogP contribution in [0.1, 0.15) is 18.4 Å². The van der Waals surface area contributed by atoms with Gasteiger partial charge in [0.15, 0.2) is 0 Å². The summed E-state index contributed by atoms with van der Waals surface area (Å²) in [5.41, 5.74) is 4.10. The smallest absolute Gasteiger partial charge is 0.134 e. The lowest BCUT2D eigenvalue weighted by atomic mass is 10.1. The number of hydrogen-bond donors (Lipinski definition) is 0. The molecule has 0 saturated carbocycles. The summed E-state index contributed by atoms with van der Waals surface area (Å²) in [6.07, 6.45) is 9.56. The van der Waals surface area contributed by atoms with Gasteiger partial charge in [-0.15, -0.1) is 0 Å². The molecule has 7 nitrogen and oxygen atoms in total. The van der Waals surface area contributed by atoms with Crippen LogP contribution in [0.15, 0.2) is 105 Å². The van der Waals surface area contributed by atoms with Gasteiger partial charge < -0.3 is 13.4 Å². The Labute approximate surface area is 236 Å². The second-order valence-corrected chi connectivity index (χ2v) is 8.94. The largest absolute Gasteiger partial charge is 0.457 e. The first-order chi connectivity index (χ1) is 20.1. The summed E-state index contributed by atoms with van der Waals surface area (Å²) < 4.78 is 14.3. The van der Waals surface area contributed by atoms with Crippen molar-refractivity contribution in [3.05, 3.63) is 108 Å². The highest BCUT2D eigenvalue weighted by Crippen LogP contribution is 2.35. The first kappa shape index (κ1) is 26.3. The molecule has 0 bridgehead atoms. The highest BCUT2D eigenvalue weighted by Gasteiger charge is 2.14. The molecule has 41 heavy (non-hydrogen) atoms. The van der Waals surface area contributed by atoms with Crippen molar-refractivity contribution < 1.29 is 8.83 Å². The number of hydrogen-bond acceptors (Lipinski definition) is 6. The molecule has 0 aliphatic rings. The van der Waals surface area contributed by atoms with E-state index in [0.717, 1.165) is 39.5 Å². The van der Waals surface area contributed by atoms with Crippen molar-refractivity contribution in [3.8, 4) is 46.9 Å². The summed E-state index contributed by atoms with van der Waals surface area (Å²) in [5.74, 6) is 2.66. The second-order valence-electron chi connectivity index (χ2n) is 8.94. The maximum atomic E-state index is 8.86. The van der Waals surface area contributed by atoms with E-state index in [1.54, 1.807) is 24.3 Å². The van der Waals surface area contributed by atoms with E-state index in [1.807, 2.05) is 60.7 Å². The standard InChI is InChI=1S/C34H21N5O2/c1-2-39-31-17-25(33-15-11-27(40-33)7-3-5-23(19-35)20-36)9-13-29(31)30-14-10-26(18-32(30)39)34-16-12-28(41-34)8-4-6-24(21-37)22-38/h3-18H,2H2,1H3/b7-3+,8-4+. The minimum absolute atomic E-state index is 0.0258. The molecule has 0 aliphatic carbocycles. The summed E-state index contributed by atoms with van der Waals surface area (Å²) in [6, 6.07) is 27.3. The van der Waals surface area contributed by atoms with Crippen molar-refractivity contribution in [3.63, 3.8) is 0 Å². The zero-order chi connectivity index (χ0) is 28.8. The Bertz CT molecular complexity index is 1900. The Morgan fingerprint density at radius 3 is 1.49 bits per heavy atom. The van der Waals surface area contributed by atoms with Gasteiger partial charge in [0.25, 0.3) is 0 Å². The molecule has 5 aromatic rings. The molecular weight excluding hydrogens is 510 g/mol. The van der Waals surface area contributed by atoms with Crippen LogP contribution in [0.4, 0.5) is 0 Å². The summed E-state index contributed by atoms with van der Waals surface area (Å²) in [4.78, 5) is 0. The SMILES string of the molecule is CCn1c2cc(-c3ccc(/C=C/C=C(C#N)C#N)o3)ccc2c2ccc(-c3ccc(/C=C/C=C(C#N)C#N)o3)cc21. The molecule has 3 aromatic heterocycles. The van der Waals surface area contributed by atoms with Gasteiger partial charge in [-0.2, -0.15) is 21.0 Å². The molecule has 0 N–H and O–H groups in total. The van der Waals surface area contributed by atoms with Gasteiger partial charge in [-0.1, -0.05) is 36.4 Å². The van der Waals surface area contributed by atoms with Crippen molar-refractivity contribution >= 4 is 34.0 Å². The first-order valence-corrected chi connectivity index (χ1v) is 12.7. The van der Waals surface area contributed by atoms with Crippen LogP contribution in [0, 0.1) is 45.3 Å². The van der Waals surface area contributed by atoms with E-state index in [2.05, 4.69) is 35.8 Å². The van der Waals surface area contributed by atoms with Gasteiger partial charge in [0.2, 0.25) is 0 Å². The average molecular weight is 532 g/mol. The average Bonchev–Trinajstić information content (AvgIpc) is 3.74. The summed E-state index contributed by atoms with van der Waals surface area (Å²) in [6.45, 7) is 2.88. The number of rotatable bonds is 7. The molecule has 0 fully saturated rings. The van der Waals surface area contributed by atoms with Crippen LogP contribution >= 0.6 is 0 Å². The van der Waals surface area contributed by atoms with Crippen LogP contribution in [0.25, 0.3) is 56.6 Å². The van der Waals surface area contributed by atoms with Crippen LogP contribution in [-0.2, 0) is 6.54 Å². The minimum Gasteiger partial charge on any atom is -0.457 e. The van der Waals surface area contributed by atoms with Crippen LogP contribution < -0.4 is 0 Å². The number of nitrogens with zero attached hydrogens (tertiary/aromatic N) is 5. The van der Waals surface area contributed by atoms with Crippen LogP contribution in [0.2, 0.25) is 0 Å². The van der Waals surface area contributed by atoms with Gasteiger partial charge in [-0.3, -0.25) is 0 Å². The number of aryl methyl sites for hydroxylation is 1. The molecule has 0 atom stereocenters. The third kappa shape index (κ3) is 5.34. The number of fused-ring (bicyclic) bond motifs is 3. The van der Waals surface area contributed by atoms with Gasteiger partial charge in [0.1, 0.15) is 58.5 Å². The molecule has 5 rings (SSSR count). The number of nitriles is 4. The third-order valence-electron chi connectivity index (χ3n) is 6.53. The second kappa shape index (κ2) is 11.6. The number of aromatic nitrogens is 1. The highest BCUT2D eigenvalue weighted by atomic mass is 16.3. The molecule has 0 saturated heterocycles. The summed E-state index contributed by atoms with van der Waals surface area (Å²) in [5, 5.41) is 37.7. The zero-order valence-corrected chi connectivity index (χ0v) is 22.0. The van der Waals surface area contributed by atoms with E-state index < -0.39 is 0 Å². The molecule has 0 unspecified atom stereocenters. The monoisotopic (exact) mass is 531 g/mol. The Morgan fingerprint density at radius 1 is 0.659 bits per heavy atom. The van der Waals surface area contributed by atoms with Crippen molar-refractivity contribution in [1.82, 2.24) is 4.57 Å². The fourth-order valence-corrected chi connectivity index (χ4v) is 4.61. The number of furan rings is 2. The van der Waals surface area contributed by atoms with Crippen molar-refractivity contribution in [2.45, 2.75) is 13.5 Å². The molecule has 7 heteroatoms. The third-order valence-corrected chi connectivity index (χ3v) is 6.53. The molecule has 3 heterocycles. The van der Waals surface area contributed by atoms with Crippen molar-refractivity contribution in [2.24, 2.45) is 0 Å². The molecule has 194 valence electrons. The normalized spacial score (nSPS) is 10.9. The fraction of sp³-hybridized carbons (Fsp3) is 0.0588. The Morgan fingerprint density at radius 2 is 1.10 bits per heavy atom. The van der Waals surface area contributed by atoms with Crippen LogP contribution in [-0.4, -0.2) is 4.57 Å². The molecule has 0 amide bonds. The quantitative estimate of drug-likeness (QED) is 0.153. The van der Waals surface area contributed by atoms with E-state index in [-0.39, 0.29) is 11.1 Å². The lowest BCUT2D eigenvalue weighted by molar-refractivity contribution is 0.571. The van der Waals surface area contributed by atoms with Gasteiger partial charge in [-0.25, -0.2) is 0 Å². The predicted molar refractivity (Wildman–Crippen MR) is 157 cm³/mol. The first-order valence-electron chi connectivity index (χ1n) is 12.7.